The molecule has 0 spiro atoms. The van der Waals surface area contributed by atoms with Crippen molar-refractivity contribution in [2.24, 2.45) is 0 Å². The monoisotopic (exact) mass is 192 g/mol. The molecule has 1 N–H and O–H groups in total. The van der Waals surface area contributed by atoms with E-state index in [4.69, 9.17) is 4.74 Å². The van der Waals surface area contributed by atoms with Crippen molar-refractivity contribution in [1.29, 1.82) is 0 Å². The molecule has 76 valence electrons. The number of H-pyrrole nitrogens is 1. The van der Waals surface area contributed by atoms with Gasteiger partial charge in [0.05, 0.1) is 18.4 Å². The fraction of sp³-hybridized carbons (Fsp3) is 0.545. The Morgan fingerprint density at radius 1 is 1.29 bits per heavy atom. The Balaban J connectivity index is 2.49. The maximum Gasteiger partial charge on any atom is 0.216 e. The minimum Gasteiger partial charge on any atom is -0.481 e. The molecule has 1 heterocycles. The van der Waals surface area contributed by atoms with Crippen LogP contribution < -0.4 is 4.74 Å². The highest BCUT2D eigenvalue weighted by Crippen LogP contribution is 2.38. The number of nitrogens with zero attached hydrogens (tertiary/aromatic N) is 1. The normalized spacial score (nSPS) is 16.5. The molecule has 0 saturated carbocycles. The van der Waals surface area contributed by atoms with Crippen LogP contribution in [-0.4, -0.2) is 17.3 Å². The number of ether oxygens (including phenoxy) is 1. The minimum absolute atomic E-state index is 0.804. The van der Waals surface area contributed by atoms with Gasteiger partial charge in [0.25, 0.3) is 0 Å². The van der Waals surface area contributed by atoms with Crippen LogP contribution in [0.1, 0.15) is 37.4 Å². The molecule has 1 aromatic heterocycles. The summed E-state index contributed by atoms with van der Waals surface area (Å²) in [6, 6.07) is 0. The predicted molar refractivity (Wildman–Crippen MR) is 56.3 cm³/mol. The highest BCUT2D eigenvalue weighted by molar-refractivity contribution is 5.74. The lowest BCUT2D eigenvalue weighted by molar-refractivity contribution is 0.395. The van der Waals surface area contributed by atoms with Crippen molar-refractivity contribution in [1.82, 2.24) is 10.2 Å². The summed E-state index contributed by atoms with van der Waals surface area (Å²) in [6.07, 6.45) is 3.63. The van der Waals surface area contributed by atoms with E-state index in [-0.39, 0.29) is 0 Å². The first-order valence-electron chi connectivity index (χ1n) is 5.02. The van der Waals surface area contributed by atoms with Crippen LogP contribution in [0.15, 0.2) is 5.57 Å². The average molecular weight is 192 g/mol. The highest BCUT2D eigenvalue weighted by Gasteiger charge is 2.20. The predicted octanol–water partition coefficient (Wildman–Crippen LogP) is 2.68. The largest absolute Gasteiger partial charge is 0.481 e. The van der Waals surface area contributed by atoms with Gasteiger partial charge >= 0.3 is 0 Å². The van der Waals surface area contributed by atoms with Gasteiger partial charge in [0.1, 0.15) is 0 Å². The Labute approximate surface area is 84.2 Å². The summed E-state index contributed by atoms with van der Waals surface area (Å²) in [4.78, 5) is 0. The van der Waals surface area contributed by atoms with Gasteiger partial charge in [0.15, 0.2) is 0 Å². The molecule has 0 fully saturated rings. The van der Waals surface area contributed by atoms with Crippen molar-refractivity contribution >= 4 is 5.57 Å². The van der Waals surface area contributed by atoms with Crippen LogP contribution in [-0.2, 0) is 0 Å². The molecule has 0 saturated heterocycles. The van der Waals surface area contributed by atoms with Gasteiger partial charge in [-0.25, -0.2) is 5.10 Å². The Bertz CT molecular complexity index is 377. The summed E-state index contributed by atoms with van der Waals surface area (Å²) >= 11 is 0. The van der Waals surface area contributed by atoms with Crippen molar-refractivity contribution in [2.45, 2.75) is 33.1 Å². The number of methoxy groups -OCH3 is 1. The molecule has 0 aliphatic heterocycles. The second-order valence-electron chi connectivity index (χ2n) is 3.83. The van der Waals surface area contributed by atoms with Crippen molar-refractivity contribution in [3.05, 3.63) is 16.8 Å². The van der Waals surface area contributed by atoms with Crippen LogP contribution in [0.3, 0.4) is 0 Å². The number of aromatic nitrogens is 2. The Kier molecular flexibility index (Phi) is 2.32. The van der Waals surface area contributed by atoms with Gasteiger partial charge in [-0.15, -0.1) is 0 Å². The van der Waals surface area contributed by atoms with E-state index in [0.29, 0.717) is 0 Å². The molecule has 0 aromatic carbocycles. The third kappa shape index (κ3) is 1.33. The SMILES string of the molecule is COc1[nH]nc(C)c1C1=C(C)CCC1. The summed E-state index contributed by atoms with van der Waals surface area (Å²) in [5.41, 5.74) is 5.13. The van der Waals surface area contributed by atoms with E-state index in [1.807, 2.05) is 6.92 Å². The highest BCUT2D eigenvalue weighted by atomic mass is 16.5. The second-order valence-corrected chi connectivity index (χ2v) is 3.83. The molecule has 14 heavy (non-hydrogen) atoms. The fourth-order valence-electron chi connectivity index (χ4n) is 2.15. The molecule has 1 aliphatic carbocycles. The Morgan fingerprint density at radius 2 is 2.07 bits per heavy atom. The number of rotatable bonds is 2. The summed E-state index contributed by atoms with van der Waals surface area (Å²) in [5, 5.41) is 7.10. The van der Waals surface area contributed by atoms with E-state index in [9.17, 15) is 0 Å². The first kappa shape index (κ1) is 9.31. The van der Waals surface area contributed by atoms with Crippen molar-refractivity contribution < 1.29 is 4.74 Å². The van der Waals surface area contributed by atoms with Crippen LogP contribution >= 0.6 is 0 Å². The number of nitrogens with one attached hydrogen (secondary N) is 1. The van der Waals surface area contributed by atoms with Gasteiger partial charge in [0.2, 0.25) is 5.88 Å². The molecule has 2 rings (SSSR count). The number of aryl methyl sites for hydroxylation is 1. The number of hydrogen-bond acceptors (Lipinski definition) is 2. The molecule has 0 bridgehead atoms. The topological polar surface area (TPSA) is 37.9 Å². The van der Waals surface area contributed by atoms with Crippen molar-refractivity contribution in [3.63, 3.8) is 0 Å². The minimum atomic E-state index is 0.804. The van der Waals surface area contributed by atoms with Crippen LogP contribution in [0.5, 0.6) is 5.88 Å². The van der Waals surface area contributed by atoms with Crippen molar-refractivity contribution in [2.75, 3.05) is 7.11 Å². The van der Waals surface area contributed by atoms with Gasteiger partial charge in [-0.05, 0) is 38.7 Å². The lowest BCUT2D eigenvalue weighted by Crippen LogP contribution is -1.90. The van der Waals surface area contributed by atoms with E-state index < -0.39 is 0 Å². The summed E-state index contributed by atoms with van der Waals surface area (Å²) in [7, 11) is 1.68. The summed E-state index contributed by atoms with van der Waals surface area (Å²) < 4.78 is 5.27. The molecule has 3 nitrogen and oxygen atoms in total. The molecule has 1 aromatic rings. The summed E-state index contributed by atoms with van der Waals surface area (Å²) in [6.45, 7) is 4.22. The number of hydrogen-bond donors (Lipinski definition) is 1. The smallest absolute Gasteiger partial charge is 0.216 e. The third-order valence-corrected chi connectivity index (χ3v) is 2.91. The number of aromatic amines is 1. The Morgan fingerprint density at radius 3 is 2.64 bits per heavy atom. The first-order valence-corrected chi connectivity index (χ1v) is 5.02. The van der Waals surface area contributed by atoms with Crippen LogP contribution in [0.2, 0.25) is 0 Å². The molecule has 1 aliphatic rings. The molecule has 3 heteroatoms. The maximum atomic E-state index is 5.27. The first-order chi connectivity index (χ1) is 6.74. The van der Waals surface area contributed by atoms with Gasteiger partial charge in [0, 0.05) is 0 Å². The van der Waals surface area contributed by atoms with Gasteiger partial charge in [-0.2, -0.15) is 5.10 Å². The van der Waals surface area contributed by atoms with Crippen molar-refractivity contribution in [3.8, 4) is 5.88 Å². The Hall–Kier alpha value is -1.25. The van der Waals surface area contributed by atoms with E-state index in [2.05, 4.69) is 17.1 Å². The molecule has 0 radical (unpaired) electrons. The van der Waals surface area contributed by atoms with Gasteiger partial charge in [-0.1, -0.05) is 5.57 Å². The van der Waals surface area contributed by atoms with Crippen LogP contribution in [0.4, 0.5) is 0 Å². The zero-order valence-electron chi connectivity index (χ0n) is 8.98. The molecule has 0 atom stereocenters. The van der Waals surface area contributed by atoms with Gasteiger partial charge < -0.3 is 4.74 Å². The average Bonchev–Trinajstić information content (AvgIpc) is 2.72. The van der Waals surface area contributed by atoms with E-state index in [0.717, 1.165) is 18.0 Å². The maximum absolute atomic E-state index is 5.27. The summed E-state index contributed by atoms with van der Waals surface area (Å²) in [5.74, 6) is 0.804. The van der Waals surface area contributed by atoms with Gasteiger partial charge in [-0.3, -0.25) is 0 Å². The lowest BCUT2D eigenvalue weighted by Gasteiger charge is -2.05. The second kappa shape index (κ2) is 3.48. The quantitative estimate of drug-likeness (QED) is 0.782. The lowest BCUT2D eigenvalue weighted by atomic mass is 10.0. The third-order valence-electron chi connectivity index (χ3n) is 2.91. The van der Waals surface area contributed by atoms with E-state index in [1.165, 1.54) is 29.6 Å². The van der Waals surface area contributed by atoms with Crippen LogP contribution in [0, 0.1) is 6.92 Å². The molecule has 0 amide bonds. The zero-order valence-corrected chi connectivity index (χ0v) is 8.98. The molecule has 0 unspecified atom stereocenters. The van der Waals surface area contributed by atoms with E-state index >= 15 is 0 Å². The molecular formula is C11H16N2O. The van der Waals surface area contributed by atoms with Crippen LogP contribution in [0.25, 0.3) is 5.57 Å². The molecular weight excluding hydrogens is 176 g/mol. The number of allylic oxidation sites excluding steroid dienone is 2. The van der Waals surface area contributed by atoms with E-state index in [1.54, 1.807) is 7.11 Å². The zero-order chi connectivity index (χ0) is 10.1. The standard InChI is InChI=1S/C11H16N2O/c1-7-5-4-6-9(7)10-8(2)12-13-11(10)14-3/h4-6H2,1-3H3,(H,12,13). The fourth-order valence-corrected chi connectivity index (χ4v) is 2.15.